The largest absolute Gasteiger partial charge is 0.491 e. The maximum absolute atomic E-state index is 12.9. The van der Waals surface area contributed by atoms with E-state index in [4.69, 9.17) is 4.74 Å². The van der Waals surface area contributed by atoms with Crippen LogP contribution in [0, 0.1) is 5.41 Å². The summed E-state index contributed by atoms with van der Waals surface area (Å²) in [5, 5.41) is 2.88. The monoisotopic (exact) mass is 381 g/mol. The normalized spacial score (nSPS) is 14.4. The van der Waals surface area contributed by atoms with Crippen LogP contribution in [0.1, 0.15) is 32.3 Å². The van der Waals surface area contributed by atoms with Crippen molar-refractivity contribution in [2.45, 2.75) is 39.2 Å². The molecular weight excluding hydrogens is 354 g/mol. The molecule has 1 aromatic carbocycles. The third-order valence-corrected chi connectivity index (χ3v) is 4.91. The summed E-state index contributed by atoms with van der Waals surface area (Å²) in [7, 11) is 1.76. The minimum Gasteiger partial charge on any atom is -0.491 e. The molecule has 1 aliphatic rings. The topological polar surface area (TPSA) is 71.5 Å². The highest BCUT2D eigenvalue weighted by Gasteiger charge is 2.57. The molecule has 1 fully saturated rings. The highest BCUT2D eigenvalue weighted by molar-refractivity contribution is 6.12. The van der Waals surface area contributed by atoms with Crippen molar-refractivity contribution in [2.24, 2.45) is 5.41 Å². The number of ether oxygens (including phenoxy) is 1. The van der Waals surface area contributed by atoms with Gasteiger partial charge in [0.2, 0.25) is 11.8 Å². The Morgan fingerprint density at radius 2 is 1.79 bits per heavy atom. The predicted octanol–water partition coefficient (Wildman–Crippen LogP) is 3.29. The number of pyridine rings is 1. The van der Waals surface area contributed by atoms with Gasteiger partial charge < -0.3 is 15.0 Å². The first-order valence-electron chi connectivity index (χ1n) is 9.63. The lowest BCUT2D eigenvalue weighted by molar-refractivity contribution is -0.141. The molecule has 2 aromatic rings. The fourth-order valence-electron chi connectivity index (χ4n) is 3.12. The average Bonchev–Trinajstić information content (AvgIpc) is 3.49. The Kier molecular flexibility index (Phi) is 5.97. The molecule has 1 aromatic heterocycles. The second-order valence-electron chi connectivity index (χ2n) is 7.56. The minimum atomic E-state index is -0.930. The molecule has 6 heteroatoms. The summed E-state index contributed by atoms with van der Waals surface area (Å²) >= 11 is 0. The van der Waals surface area contributed by atoms with E-state index in [0.29, 0.717) is 25.1 Å². The van der Waals surface area contributed by atoms with E-state index in [-0.39, 0.29) is 17.9 Å². The van der Waals surface area contributed by atoms with Gasteiger partial charge in [-0.15, -0.1) is 0 Å². The maximum atomic E-state index is 12.9. The molecule has 0 radical (unpaired) electrons. The zero-order chi connectivity index (χ0) is 20.1. The number of amides is 2. The molecule has 1 N–H and O–H groups in total. The third-order valence-electron chi connectivity index (χ3n) is 4.91. The van der Waals surface area contributed by atoms with E-state index in [2.05, 4.69) is 10.3 Å². The van der Waals surface area contributed by atoms with Crippen LogP contribution in [-0.2, 0) is 16.0 Å². The maximum Gasteiger partial charge on any atom is 0.240 e. The number of hydrogen-bond acceptors (Lipinski definition) is 4. The van der Waals surface area contributed by atoms with Crippen LogP contribution in [0.25, 0.3) is 0 Å². The van der Waals surface area contributed by atoms with Crippen molar-refractivity contribution in [2.75, 3.05) is 18.9 Å². The molecule has 1 aliphatic carbocycles. The molecule has 0 bridgehead atoms. The Bertz CT molecular complexity index is 815. The van der Waals surface area contributed by atoms with Gasteiger partial charge in [-0.3, -0.25) is 14.6 Å². The van der Waals surface area contributed by atoms with E-state index >= 15 is 0 Å². The van der Waals surface area contributed by atoms with Crippen molar-refractivity contribution in [1.29, 1.82) is 0 Å². The van der Waals surface area contributed by atoms with Crippen molar-refractivity contribution >= 4 is 17.5 Å². The first kappa shape index (κ1) is 19.9. The van der Waals surface area contributed by atoms with Crippen molar-refractivity contribution in [3.8, 4) is 5.75 Å². The van der Waals surface area contributed by atoms with Gasteiger partial charge in [0, 0.05) is 31.7 Å². The number of rotatable bonds is 8. The average molecular weight is 381 g/mol. The van der Waals surface area contributed by atoms with Crippen LogP contribution in [0.5, 0.6) is 5.75 Å². The summed E-state index contributed by atoms with van der Waals surface area (Å²) in [5.74, 6) is 0.408. The lowest BCUT2D eigenvalue weighted by atomic mass is 10.0. The Morgan fingerprint density at radius 1 is 1.14 bits per heavy atom. The fourth-order valence-corrected chi connectivity index (χ4v) is 3.12. The van der Waals surface area contributed by atoms with Gasteiger partial charge >= 0.3 is 0 Å². The standard InChI is InChI=1S/C22H27N3O3/c1-16(2)28-19-6-4-18(5-7-19)24-20(26)22(11-12-22)21(27)25(3)15-10-17-8-13-23-14-9-17/h4-9,13-14,16H,10-12,15H2,1-3H3,(H,24,26). The summed E-state index contributed by atoms with van der Waals surface area (Å²) in [6.07, 6.45) is 5.49. The first-order valence-corrected chi connectivity index (χ1v) is 9.63. The lowest BCUT2D eigenvalue weighted by Gasteiger charge is -2.23. The van der Waals surface area contributed by atoms with E-state index in [9.17, 15) is 9.59 Å². The van der Waals surface area contributed by atoms with E-state index < -0.39 is 5.41 Å². The third kappa shape index (κ3) is 4.68. The quantitative estimate of drug-likeness (QED) is 0.712. The number of carbonyl (C=O) groups is 2. The minimum absolute atomic E-state index is 0.0930. The Hall–Kier alpha value is -2.89. The van der Waals surface area contributed by atoms with Gasteiger partial charge in [0.25, 0.3) is 0 Å². The van der Waals surface area contributed by atoms with Crippen LogP contribution >= 0.6 is 0 Å². The molecule has 2 amide bonds. The molecule has 0 unspecified atom stereocenters. The van der Waals surface area contributed by atoms with E-state index in [1.165, 1.54) is 0 Å². The second kappa shape index (κ2) is 8.42. The van der Waals surface area contributed by atoms with Gasteiger partial charge in [-0.05, 0) is 75.1 Å². The van der Waals surface area contributed by atoms with E-state index in [0.717, 1.165) is 17.7 Å². The summed E-state index contributed by atoms with van der Waals surface area (Å²) in [6, 6.07) is 11.1. The van der Waals surface area contributed by atoms with Crippen molar-refractivity contribution in [3.05, 3.63) is 54.4 Å². The molecule has 3 rings (SSSR count). The molecular formula is C22H27N3O3. The molecule has 1 heterocycles. The van der Waals surface area contributed by atoms with Crippen molar-refractivity contribution in [1.82, 2.24) is 9.88 Å². The molecule has 28 heavy (non-hydrogen) atoms. The highest BCUT2D eigenvalue weighted by Crippen LogP contribution is 2.48. The Balaban J connectivity index is 1.57. The van der Waals surface area contributed by atoms with Gasteiger partial charge in [0.1, 0.15) is 11.2 Å². The van der Waals surface area contributed by atoms with Crippen LogP contribution in [0.15, 0.2) is 48.8 Å². The molecule has 0 atom stereocenters. The highest BCUT2D eigenvalue weighted by atomic mass is 16.5. The number of likely N-dealkylation sites (N-methyl/N-ethyl adjacent to an activating group) is 1. The zero-order valence-electron chi connectivity index (χ0n) is 16.6. The van der Waals surface area contributed by atoms with Crippen LogP contribution in [-0.4, -0.2) is 41.4 Å². The van der Waals surface area contributed by atoms with Gasteiger partial charge in [0.15, 0.2) is 0 Å². The number of nitrogens with one attached hydrogen (secondary N) is 1. The summed E-state index contributed by atoms with van der Waals surface area (Å²) in [4.78, 5) is 31.3. The SMILES string of the molecule is CC(C)Oc1ccc(NC(=O)C2(C(=O)N(C)CCc3ccncc3)CC2)cc1. The molecule has 148 valence electrons. The summed E-state index contributed by atoms with van der Waals surface area (Å²) < 4.78 is 5.61. The Labute approximate surface area is 165 Å². The van der Waals surface area contributed by atoms with E-state index in [1.54, 1.807) is 36.5 Å². The van der Waals surface area contributed by atoms with Gasteiger partial charge in [-0.2, -0.15) is 0 Å². The van der Waals surface area contributed by atoms with Gasteiger partial charge in [-0.1, -0.05) is 0 Å². The molecule has 0 aliphatic heterocycles. The Morgan fingerprint density at radius 3 is 2.36 bits per heavy atom. The van der Waals surface area contributed by atoms with E-state index in [1.807, 2.05) is 38.1 Å². The number of nitrogens with zero attached hydrogens (tertiary/aromatic N) is 2. The second-order valence-corrected chi connectivity index (χ2v) is 7.56. The van der Waals surface area contributed by atoms with Crippen LogP contribution in [0.2, 0.25) is 0 Å². The number of aromatic nitrogens is 1. The predicted molar refractivity (Wildman–Crippen MR) is 108 cm³/mol. The number of hydrogen-bond donors (Lipinski definition) is 1. The van der Waals surface area contributed by atoms with Crippen LogP contribution in [0.4, 0.5) is 5.69 Å². The molecule has 6 nitrogen and oxygen atoms in total. The number of benzene rings is 1. The number of anilines is 1. The fraction of sp³-hybridized carbons (Fsp3) is 0.409. The molecule has 1 saturated carbocycles. The number of carbonyl (C=O) groups excluding carboxylic acids is 2. The first-order chi connectivity index (χ1) is 13.4. The lowest BCUT2D eigenvalue weighted by Crippen LogP contribution is -2.41. The van der Waals surface area contributed by atoms with Crippen molar-refractivity contribution < 1.29 is 14.3 Å². The van der Waals surface area contributed by atoms with Gasteiger partial charge in [-0.25, -0.2) is 0 Å². The van der Waals surface area contributed by atoms with Crippen molar-refractivity contribution in [3.63, 3.8) is 0 Å². The molecule has 0 saturated heterocycles. The van der Waals surface area contributed by atoms with Crippen LogP contribution in [0.3, 0.4) is 0 Å². The zero-order valence-corrected chi connectivity index (χ0v) is 16.6. The van der Waals surface area contributed by atoms with Crippen LogP contribution < -0.4 is 10.1 Å². The summed E-state index contributed by atoms with van der Waals surface area (Å²) in [6.45, 7) is 4.49. The molecule has 0 spiro atoms. The smallest absolute Gasteiger partial charge is 0.240 e. The summed E-state index contributed by atoms with van der Waals surface area (Å²) in [5.41, 5.74) is 0.854. The van der Waals surface area contributed by atoms with Gasteiger partial charge in [0.05, 0.1) is 6.10 Å².